The van der Waals surface area contributed by atoms with Crippen LogP contribution < -0.4 is 9.62 Å². The van der Waals surface area contributed by atoms with E-state index >= 15 is 0 Å². The number of benzene rings is 2. The van der Waals surface area contributed by atoms with Gasteiger partial charge in [0.25, 0.3) is 0 Å². The summed E-state index contributed by atoms with van der Waals surface area (Å²) in [4.78, 5) is 24.8. The fraction of sp³-hybridized carbons (Fsp3) is 0.333. The SMILES string of the molecule is CC(C)c1ccc(CCNS(=O)(=O)c2ccc(N3C(=O)CCC3=O)cc2)cc1. The molecule has 1 aliphatic heterocycles. The summed E-state index contributed by atoms with van der Waals surface area (Å²) >= 11 is 0. The van der Waals surface area contributed by atoms with Gasteiger partial charge in [0.2, 0.25) is 21.8 Å². The number of carbonyl (C=O) groups is 2. The van der Waals surface area contributed by atoms with Gasteiger partial charge >= 0.3 is 0 Å². The summed E-state index contributed by atoms with van der Waals surface area (Å²) in [5.74, 6) is -0.0638. The molecule has 1 N–H and O–H groups in total. The summed E-state index contributed by atoms with van der Waals surface area (Å²) in [6, 6.07) is 14.0. The minimum atomic E-state index is -3.66. The van der Waals surface area contributed by atoms with Crippen molar-refractivity contribution in [2.24, 2.45) is 0 Å². The van der Waals surface area contributed by atoms with E-state index in [1.165, 1.54) is 29.8 Å². The van der Waals surface area contributed by atoms with Gasteiger partial charge in [0.15, 0.2) is 0 Å². The first-order valence-electron chi connectivity index (χ1n) is 9.32. The van der Waals surface area contributed by atoms with Crippen molar-refractivity contribution >= 4 is 27.5 Å². The van der Waals surface area contributed by atoms with Crippen LogP contribution in [0.1, 0.15) is 43.7 Å². The number of anilines is 1. The molecule has 2 amide bonds. The van der Waals surface area contributed by atoms with Crippen LogP contribution in [0.3, 0.4) is 0 Å². The van der Waals surface area contributed by atoms with Crippen molar-refractivity contribution in [1.82, 2.24) is 4.72 Å². The van der Waals surface area contributed by atoms with E-state index in [2.05, 4.69) is 30.7 Å². The predicted molar refractivity (Wildman–Crippen MR) is 108 cm³/mol. The van der Waals surface area contributed by atoms with E-state index in [1.807, 2.05) is 12.1 Å². The van der Waals surface area contributed by atoms with Gasteiger partial charge in [0.1, 0.15) is 0 Å². The number of hydrogen-bond donors (Lipinski definition) is 1. The van der Waals surface area contributed by atoms with Crippen molar-refractivity contribution in [3.63, 3.8) is 0 Å². The zero-order valence-corrected chi connectivity index (χ0v) is 16.8. The molecule has 0 spiro atoms. The highest BCUT2D eigenvalue weighted by molar-refractivity contribution is 7.89. The first-order chi connectivity index (χ1) is 13.3. The Kier molecular flexibility index (Phi) is 5.96. The minimum absolute atomic E-state index is 0.102. The van der Waals surface area contributed by atoms with Gasteiger partial charge in [-0.2, -0.15) is 0 Å². The number of carbonyl (C=O) groups excluding carboxylic acids is 2. The molecule has 28 heavy (non-hydrogen) atoms. The molecule has 6 nitrogen and oxygen atoms in total. The number of imide groups is 1. The molecule has 0 saturated carbocycles. The molecule has 1 fully saturated rings. The van der Waals surface area contributed by atoms with Crippen LogP contribution in [0.15, 0.2) is 53.4 Å². The van der Waals surface area contributed by atoms with Crippen LogP contribution in [-0.2, 0) is 26.0 Å². The van der Waals surface area contributed by atoms with Gasteiger partial charge in [-0.05, 0) is 47.7 Å². The van der Waals surface area contributed by atoms with Crippen molar-refractivity contribution < 1.29 is 18.0 Å². The standard InChI is InChI=1S/C21H24N2O4S/c1-15(2)17-5-3-16(4-6-17)13-14-22-28(26,27)19-9-7-18(8-10-19)23-20(24)11-12-21(23)25/h3-10,15,22H,11-14H2,1-2H3. The lowest BCUT2D eigenvalue weighted by Gasteiger charge is -2.14. The smallest absolute Gasteiger partial charge is 0.240 e. The Morgan fingerprint density at radius 1 is 0.929 bits per heavy atom. The van der Waals surface area contributed by atoms with Gasteiger partial charge in [0.05, 0.1) is 10.6 Å². The Bertz CT molecular complexity index is 948. The number of rotatable bonds is 7. The minimum Gasteiger partial charge on any atom is -0.274 e. The topological polar surface area (TPSA) is 83.6 Å². The summed E-state index contributed by atoms with van der Waals surface area (Å²) in [6.07, 6.45) is 0.976. The Balaban J connectivity index is 1.61. The molecular weight excluding hydrogens is 376 g/mol. The highest BCUT2D eigenvalue weighted by Gasteiger charge is 2.30. The van der Waals surface area contributed by atoms with Crippen LogP contribution in [-0.4, -0.2) is 26.8 Å². The Morgan fingerprint density at radius 3 is 2.04 bits per heavy atom. The molecular formula is C21H24N2O4S. The van der Waals surface area contributed by atoms with Gasteiger partial charge in [-0.25, -0.2) is 13.1 Å². The van der Waals surface area contributed by atoms with Crippen LogP contribution in [0, 0.1) is 0 Å². The average molecular weight is 401 g/mol. The zero-order chi connectivity index (χ0) is 20.3. The molecule has 3 rings (SSSR count). The van der Waals surface area contributed by atoms with Crippen LogP contribution in [0.2, 0.25) is 0 Å². The number of amides is 2. The third kappa shape index (κ3) is 4.48. The van der Waals surface area contributed by atoms with E-state index in [0.717, 1.165) is 10.5 Å². The van der Waals surface area contributed by atoms with Gasteiger partial charge in [-0.1, -0.05) is 38.1 Å². The molecule has 1 heterocycles. The maximum absolute atomic E-state index is 12.5. The highest BCUT2D eigenvalue weighted by atomic mass is 32.2. The summed E-state index contributed by atoms with van der Waals surface area (Å²) in [7, 11) is -3.66. The van der Waals surface area contributed by atoms with Crippen LogP contribution in [0.5, 0.6) is 0 Å². The average Bonchev–Trinajstić information content (AvgIpc) is 3.00. The number of nitrogens with zero attached hydrogens (tertiary/aromatic N) is 1. The van der Waals surface area contributed by atoms with Crippen molar-refractivity contribution in [3.05, 3.63) is 59.7 Å². The monoisotopic (exact) mass is 400 g/mol. The molecule has 0 aromatic heterocycles. The fourth-order valence-corrected chi connectivity index (χ4v) is 4.15. The number of nitrogens with one attached hydrogen (secondary N) is 1. The van der Waals surface area contributed by atoms with E-state index in [4.69, 9.17) is 0 Å². The first kappa shape index (κ1) is 20.2. The molecule has 0 unspecified atom stereocenters. The maximum Gasteiger partial charge on any atom is 0.240 e. The van der Waals surface area contributed by atoms with E-state index in [-0.39, 0.29) is 36.1 Å². The molecule has 2 aromatic rings. The fourth-order valence-electron chi connectivity index (χ4n) is 3.12. The molecule has 2 aromatic carbocycles. The lowest BCUT2D eigenvalue weighted by molar-refractivity contribution is -0.121. The Hall–Kier alpha value is -2.51. The Labute approximate surface area is 165 Å². The molecule has 0 aliphatic carbocycles. The summed E-state index contributed by atoms with van der Waals surface area (Å²) in [5, 5.41) is 0. The van der Waals surface area contributed by atoms with Gasteiger partial charge in [0, 0.05) is 19.4 Å². The molecule has 148 valence electrons. The van der Waals surface area contributed by atoms with E-state index in [1.54, 1.807) is 0 Å². The largest absolute Gasteiger partial charge is 0.274 e. The van der Waals surface area contributed by atoms with E-state index in [0.29, 0.717) is 18.0 Å². The van der Waals surface area contributed by atoms with E-state index in [9.17, 15) is 18.0 Å². The first-order valence-corrected chi connectivity index (χ1v) is 10.8. The second-order valence-corrected chi connectivity index (χ2v) is 8.93. The summed E-state index contributed by atoms with van der Waals surface area (Å²) < 4.78 is 27.5. The van der Waals surface area contributed by atoms with Crippen molar-refractivity contribution in [1.29, 1.82) is 0 Å². The van der Waals surface area contributed by atoms with Gasteiger partial charge < -0.3 is 0 Å². The molecule has 7 heteroatoms. The summed E-state index contributed by atoms with van der Waals surface area (Å²) in [6.45, 7) is 4.54. The van der Waals surface area contributed by atoms with Crippen LogP contribution >= 0.6 is 0 Å². The zero-order valence-electron chi connectivity index (χ0n) is 16.0. The second kappa shape index (κ2) is 8.24. The molecule has 0 atom stereocenters. The van der Waals surface area contributed by atoms with Crippen LogP contribution in [0.25, 0.3) is 0 Å². The number of hydrogen-bond acceptors (Lipinski definition) is 4. The summed E-state index contributed by atoms with van der Waals surface area (Å²) in [5.41, 5.74) is 2.71. The molecule has 0 radical (unpaired) electrons. The second-order valence-electron chi connectivity index (χ2n) is 7.16. The molecule has 1 aliphatic rings. The van der Waals surface area contributed by atoms with Crippen molar-refractivity contribution in [2.45, 2.75) is 43.9 Å². The quantitative estimate of drug-likeness (QED) is 0.724. The van der Waals surface area contributed by atoms with Crippen molar-refractivity contribution in [2.75, 3.05) is 11.4 Å². The third-order valence-corrected chi connectivity index (χ3v) is 6.29. The maximum atomic E-state index is 12.5. The Morgan fingerprint density at radius 2 is 1.50 bits per heavy atom. The van der Waals surface area contributed by atoms with Gasteiger partial charge in [-0.15, -0.1) is 0 Å². The van der Waals surface area contributed by atoms with Gasteiger partial charge in [-0.3, -0.25) is 14.5 Å². The van der Waals surface area contributed by atoms with Crippen molar-refractivity contribution in [3.8, 4) is 0 Å². The third-order valence-electron chi connectivity index (χ3n) is 4.81. The number of sulfonamides is 1. The predicted octanol–water partition coefficient (Wildman–Crippen LogP) is 2.98. The normalized spacial score (nSPS) is 14.9. The van der Waals surface area contributed by atoms with E-state index < -0.39 is 10.0 Å². The lowest BCUT2D eigenvalue weighted by Crippen LogP contribution is -2.29. The lowest BCUT2D eigenvalue weighted by atomic mass is 10.0. The van der Waals surface area contributed by atoms with Crippen LogP contribution in [0.4, 0.5) is 5.69 Å². The highest BCUT2D eigenvalue weighted by Crippen LogP contribution is 2.24. The molecule has 1 saturated heterocycles. The molecule has 0 bridgehead atoms.